The van der Waals surface area contributed by atoms with Crippen LogP contribution < -0.4 is 0 Å². The smallest absolute Gasteiger partial charge is 0.169 e. The van der Waals surface area contributed by atoms with E-state index in [0.717, 1.165) is 27.9 Å². The largest absolute Gasteiger partial charge is 0.333 e. The lowest BCUT2D eigenvalue weighted by Gasteiger charge is -2.09. The van der Waals surface area contributed by atoms with Crippen LogP contribution in [0.25, 0.3) is 16.9 Å². The van der Waals surface area contributed by atoms with Crippen molar-refractivity contribution in [2.45, 2.75) is 17.3 Å². The zero-order valence-electron chi connectivity index (χ0n) is 13.9. The molecule has 0 fully saturated rings. The Kier molecular flexibility index (Phi) is 4.49. The molecule has 0 saturated heterocycles. The highest BCUT2D eigenvalue weighted by molar-refractivity contribution is 7.99. The fourth-order valence-electron chi connectivity index (χ4n) is 2.56. The van der Waals surface area contributed by atoms with Gasteiger partial charge in [0.15, 0.2) is 11.0 Å². The lowest BCUT2D eigenvalue weighted by atomic mass is 10.2. The Hall–Kier alpha value is -3.00. The Bertz CT molecular complexity index is 996. The van der Waals surface area contributed by atoms with Gasteiger partial charge in [0.2, 0.25) is 0 Å². The molecule has 6 nitrogen and oxygen atoms in total. The topological polar surface area (TPSA) is 72.3 Å². The molecule has 0 spiro atoms. The van der Waals surface area contributed by atoms with Crippen LogP contribution in [0.2, 0.25) is 0 Å². The van der Waals surface area contributed by atoms with E-state index in [1.807, 2.05) is 37.3 Å². The summed E-state index contributed by atoms with van der Waals surface area (Å²) in [5.41, 5.74) is 2.63. The maximum Gasteiger partial charge on any atom is 0.169 e. The Labute approximate surface area is 153 Å². The zero-order valence-corrected chi connectivity index (χ0v) is 14.7. The third-order valence-electron chi connectivity index (χ3n) is 3.85. The van der Waals surface area contributed by atoms with Gasteiger partial charge < -0.3 is 4.98 Å². The van der Waals surface area contributed by atoms with E-state index < -0.39 is 0 Å². The summed E-state index contributed by atoms with van der Waals surface area (Å²) < 4.78 is 14.8. The number of benzene rings is 2. The number of hydrogen-bond acceptors (Lipinski definition) is 5. The van der Waals surface area contributed by atoms with E-state index in [4.69, 9.17) is 0 Å². The second-order valence-electron chi connectivity index (χ2n) is 5.65. The molecule has 1 N–H and O–H groups in total. The van der Waals surface area contributed by atoms with Gasteiger partial charge in [-0.05, 0) is 59.3 Å². The van der Waals surface area contributed by atoms with Crippen molar-refractivity contribution >= 4 is 11.8 Å². The number of hydrogen-bond donors (Lipinski definition) is 1. The molecule has 0 bridgehead atoms. The van der Waals surface area contributed by atoms with Gasteiger partial charge in [-0.2, -0.15) is 4.68 Å². The third kappa shape index (κ3) is 3.36. The molecule has 0 aliphatic heterocycles. The molecule has 0 radical (unpaired) electrons. The van der Waals surface area contributed by atoms with Gasteiger partial charge >= 0.3 is 0 Å². The van der Waals surface area contributed by atoms with Gasteiger partial charge in [-0.1, -0.05) is 30.0 Å². The van der Waals surface area contributed by atoms with E-state index in [0.29, 0.717) is 0 Å². The first-order valence-corrected chi connectivity index (χ1v) is 8.90. The van der Waals surface area contributed by atoms with Crippen molar-refractivity contribution in [3.63, 3.8) is 0 Å². The van der Waals surface area contributed by atoms with Crippen LogP contribution in [0.5, 0.6) is 0 Å². The summed E-state index contributed by atoms with van der Waals surface area (Å²) in [5, 5.41) is 12.8. The average Bonchev–Trinajstić information content (AvgIpc) is 3.32. The summed E-state index contributed by atoms with van der Waals surface area (Å²) in [6, 6.07) is 16.0. The Balaban J connectivity index is 1.54. The monoisotopic (exact) mass is 366 g/mol. The molecule has 0 aliphatic rings. The molecule has 1 atom stereocenters. The number of aromatic amines is 1. The van der Waals surface area contributed by atoms with Gasteiger partial charge in [0.1, 0.15) is 5.82 Å². The summed E-state index contributed by atoms with van der Waals surface area (Å²) in [7, 11) is 0. The maximum absolute atomic E-state index is 13.1. The molecule has 130 valence electrons. The minimum absolute atomic E-state index is 0.0163. The second kappa shape index (κ2) is 7.09. The van der Waals surface area contributed by atoms with Crippen LogP contribution in [0.1, 0.15) is 18.0 Å². The summed E-state index contributed by atoms with van der Waals surface area (Å²) in [4.78, 5) is 7.66. The SMILES string of the molecule is CC(Sc1ncc(-c2ccc(F)cc2)[nH]1)c1nnnn1-c1ccccc1. The molecule has 0 amide bonds. The van der Waals surface area contributed by atoms with Crippen LogP contribution in [0.3, 0.4) is 0 Å². The highest BCUT2D eigenvalue weighted by Gasteiger charge is 2.18. The fraction of sp³-hybridized carbons (Fsp3) is 0.111. The van der Waals surface area contributed by atoms with E-state index in [1.165, 1.54) is 23.9 Å². The lowest BCUT2D eigenvalue weighted by Crippen LogP contribution is -2.05. The minimum atomic E-state index is -0.260. The lowest BCUT2D eigenvalue weighted by molar-refractivity contribution is 0.628. The normalized spacial score (nSPS) is 12.2. The van der Waals surface area contributed by atoms with Crippen molar-refractivity contribution in [1.29, 1.82) is 0 Å². The molecular weight excluding hydrogens is 351 g/mol. The molecule has 2 aromatic heterocycles. The molecule has 2 aromatic carbocycles. The summed E-state index contributed by atoms with van der Waals surface area (Å²) in [6.07, 6.45) is 1.74. The standard InChI is InChI=1S/C18H15FN6S/c1-12(17-22-23-24-25(17)15-5-3-2-4-6-15)26-18-20-11-16(21-18)13-7-9-14(19)10-8-13/h2-12H,1H3,(H,20,21). The number of rotatable bonds is 5. The van der Waals surface area contributed by atoms with Gasteiger partial charge in [-0.15, -0.1) is 5.10 Å². The van der Waals surface area contributed by atoms with Crippen molar-refractivity contribution in [3.8, 4) is 16.9 Å². The number of para-hydroxylation sites is 1. The van der Waals surface area contributed by atoms with E-state index in [2.05, 4.69) is 25.5 Å². The first-order chi connectivity index (χ1) is 12.7. The minimum Gasteiger partial charge on any atom is -0.333 e. The van der Waals surface area contributed by atoms with Crippen molar-refractivity contribution in [2.24, 2.45) is 0 Å². The molecule has 0 saturated carbocycles. The fourth-order valence-corrected chi connectivity index (χ4v) is 3.43. The Morgan fingerprint density at radius 1 is 1.08 bits per heavy atom. The summed E-state index contributed by atoms with van der Waals surface area (Å²) in [5.74, 6) is 0.477. The van der Waals surface area contributed by atoms with Crippen LogP contribution in [0.4, 0.5) is 4.39 Å². The number of H-pyrrole nitrogens is 1. The first kappa shape index (κ1) is 16.5. The van der Waals surface area contributed by atoms with Crippen molar-refractivity contribution in [3.05, 3.63) is 72.4 Å². The van der Waals surface area contributed by atoms with Gasteiger partial charge in [0.05, 0.1) is 22.8 Å². The van der Waals surface area contributed by atoms with E-state index >= 15 is 0 Å². The molecule has 26 heavy (non-hydrogen) atoms. The number of nitrogens with zero attached hydrogens (tertiary/aromatic N) is 5. The van der Waals surface area contributed by atoms with Gasteiger partial charge in [0, 0.05) is 0 Å². The molecule has 4 aromatic rings. The maximum atomic E-state index is 13.1. The quantitative estimate of drug-likeness (QED) is 0.540. The Morgan fingerprint density at radius 2 is 1.85 bits per heavy atom. The van der Waals surface area contributed by atoms with Crippen molar-refractivity contribution in [2.75, 3.05) is 0 Å². The highest BCUT2D eigenvalue weighted by Crippen LogP contribution is 2.33. The molecule has 1 unspecified atom stereocenters. The highest BCUT2D eigenvalue weighted by atomic mass is 32.2. The third-order valence-corrected chi connectivity index (χ3v) is 4.85. The molecule has 2 heterocycles. The molecule has 8 heteroatoms. The van der Waals surface area contributed by atoms with Gasteiger partial charge in [0.25, 0.3) is 0 Å². The number of imidazole rings is 1. The van der Waals surface area contributed by atoms with Gasteiger partial charge in [-0.25, -0.2) is 9.37 Å². The van der Waals surface area contributed by atoms with Gasteiger partial charge in [-0.3, -0.25) is 0 Å². The van der Waals surface area contributed by atoms with Crippen molar-refractivity contribution < 1.29 is 4.39 Å². The van der Waals surface area contributed by atoms with Crippen LogP contribution in [-0.2, 0) is 0 Å². The van der Waals surface area contributed by atoms with E-state index in [-0.39, 0.29) is 11.1 Å². The number of thioether (sulfide) groups is 1. The van der Waals surface area contributed by atoms with E-state index in [1.54, 1.807) is 23.0 Å². The predicted molar refractivity (Wildman–Crippen MR) is 97.4 cm³/mol. The molecular formula is C18H15FN6S. The first-order valence-electron chi connectivity index (χ1n) is 8.02. The summed E-state index contributed by atoms with van der Waals surface area (Å²) in [6.45, 7) is 2.02. The average molecular weight is 366 g/mol. The summed E-state index contributed by atoms with van der Waals surface area (Å²) >= 11 is 1.52. The second-order valence-corrected chi connectivity index (χ2v) is 6.98. The van der Waals surface area contributed by atoms with E-state index in [9.17, 15) is 4.39 Å². The van der Waals surface area contributed by atoms with Crippen LogP contribution in [0.15, 0.2) is 66.0 Å². The van der Waals surface area contributed by atoms with Crippen LogP contribution in [0, 0.1) is 5.82 Å². The predicted octanol–water partition coefficient (Wildman–Crippen LogP) is 4.04. The number of tetrazole rings is 1. The molecule has 0 aliphatic carbocycles. The molecule has 4 rings (SSSR count). The number of nitrogens with one attached hydrogen (secondary N) is 1. The van der Waals surface area contributed by atoms with Crippen LogP contribution >= 0.6 is 11.8 Å². The zero-order chi connectivity index (χ0) is 17.9. The number of halogens is 1. The number of aromatic nitrogens is 6. The van der Waals surface area contributed by atoms with Crippen molar-refractivity contribution in [1.82, 2.24) is 30.2 Å². The van der Waals surface area contributed by atoms with Crippen LogP contribution in [-0.4, -0.2) is 30.2 Å². The Morgan fingerprint density at radius 3 is 2.62 bits per heavy atom.